The van der Waals surface area contributed by atoms with Crippen LogP contribution in [0, 0.1) is 0 Å². The summed E-state index contributed by atoms with van der Waals surface area (Å²) >= 11 is 0. The maximum atomic E-state index is 4.62. The van der Waals surface area contributed by atoms with Crippen LogP contribution in [0.5, 0.6) is 0 Å². The summed E-state index contributed by atoms with van der Waals surface area (Å²) in [6.45, 7) is 6.25. The van der Waals surface area contributed by atoms with Crippen LogP contribution in [0.25, 0.3) is 0 Å². The van der Waals surface area contributed by atoms with Gasteiger partial charge in [0, 0.05) is 32.7 Å². The van der Waals surface area contributed by atoms with E-state index in [0.717, 1.165) is 39.3 Å². The second-order valence-electron chi connectivity index (χ2n) is 5.43. The van der Waals surface area contributed by atoms with E-state index in [9.17, 15) is 0 Å². The minimum atomic E-state index is 0.418. The lowest BCUT2D eigenvalue weighted by molar-refractivity contribution is 0.117. The largest absolute Gasteiger partial charge is 0.371 e. The predicted octanol–water partition coefficient (Wildman–Crippen LogP) is 0.804. The molecule has 1 fully saturated rings. The molecule has 1 saturated heterocycles. The van der Waals surface area contributed by atoms with E-state index in [2.05, 4.69) is 57.5 Å². The number of hydrogen-bond donors (Lipinski definition) is 1. The Kier molecular flexibility index (Phi) is 3.80. The van der Waals surface area contributed by atoms with Crippen molar-refractivity contribution in [3.63, 3.8) is 0 Å². The zero-order chi connectivity index (χ0) is 13.1. The summed E-state index contributed by atoms with van der Waals surface area (Å²) in [5.41, 5.74) is 1.38. The molecule has 0 radical (unpaired) electrons. The van der Waals surface area contributed by atoms with Gasteiger partial charge in [-0.15, -0.1) is 0 Å². The molecule has 19 heavy (non-hydrogen) atoms. The molecule has 3 rings (SSSR count). The summed E-state index contributed by atoms with van der Waals surface area (Å²) in [5.74, 6) is 1.18. The number of benzene rings is 1. The molecule has 0 aromatic heterocycles. The SMILES string of the molecule is CN1CCN(Cc2ccccc2)[C@H](C2=NCCN2)C1. The summed E-state index contributed by atoms with van der Waals surface area (Å²) < 4.78 is 0. The number of piperazine rings is 1. The Morgan fingerprint density at radius 1 is 1.26 bits per heavy atom. The van der Waals surface area contributed by atoms with Crippen LogP contribution in [-0.4, -0.2) is 61.4 Å². The molecule has 1 aromatic carbocycles. The lowest BCUT2D eigenvalue weighted by atomic mass is 10.1. The third-order valence-corrected chi connectivity index (χ3v) is 3.94. The quantitative estimate of drug-likeness (QED) is 0.870. The third kappa shape index (κ3) is 2.96. The smallest absolute Gasteiger partial charge is 0.115 e. The van der Waals surface area contributed by atoms with Crippen molar-refractivity contribution in [3.8, 4) is 0 Å². The van der Waals surface area contributed by atoms with Crippen molar-refractivity contribution < 1.29 is 0 Å². The molecule has 2 aliphatic heterocycles. The predicted molar refractivity (Wildman–Crippen MR) is 78.4 cm³/mol. The average Bonchev–Trinajstić information content (AvgIpc) is 2.96. The summed E-state index contributed by atoms with van der Waals surface area (Å²) in [7, 11) is 2.20. The Balaban J connectivity index is 1.74. The molecule has 2 heterocycles. The van der Waals surface area contributed by atoms with Crippen molar-refractivity contribution in [2.75, 3.05) is 39.8 Å². The van der Waals surface area contributed by atoms with E-state index in [4.69, 9.17) is 0 Å². The molecule has 1 N–H and O–H groups in total. The van der Waals surface area contributed by atoms with Crippen LogP contribution in [0.4, 0.5) is 0 Å². The van der Waals surface area contributed by atoms with Gasteiger partial charge in [-0.25, -0.2) is 0 Å². The third-order valence-electron chi connectivity index (χ3n) is 3.94. The first-order chi connectivity index (χ1) is 9.33. The van der Waals surface area contributed by atoms with Gasteiger partial charge in [0.2, 0.25) is 0 Å². The van der Waals surface area contributed by atoms with E-state index < -0.39 is 0 Å². The molecule has 4 nitrogen and oxygen atoms in total. The Morgan fingerprint density at radius 3 is 2.84 bits per heavy atom. The van der Waals surface area contributed by atoms with Gasteiger partial charge in [-0.2, -0.15) is 0 Å². The number of aliphatic imine (C=N–C) groups is 1. The molecule has 0 amide bonds. The molecule has 0 bridgehead atoms. The first-order valence-corrected chi connectivity index (χ1v) is 7.07. The van der Waals surface area contributed by atoms with Crippen LogP contribution in [0.3, 0.4) is 0 Å². The van der Waals surface area contributed by atoms with Crippen LogP contribution in [0.1, 0.15) is 5.56 Å². The Hall–Kier alpha value is -1.39. The van der Waals surface area contributed by atoms with Gasteiger partial charge < -0.3 is 10.2 Å². The average molecular weight is 258 g/mol. The minimum absolute atomic E-state index is 0.418. The molecular weight excluding hydrogens is 236 g/mol. The van der Waals surface area contributed by atoms with Gasteiger partial charge in [-0.1, -0.05) is 30.3 Å². The van der Waals surface area contributed by atoms with Crippen molar-refractivity contribution in [2.24, 2.45) is 4.99 Å². The van der Waals surface area contributed by atoms with Gasteiger partial charge in [-0.05, 0) is 12.6 Å². The number of nitrogens with one attached hydrogen (secondary N) is 1. The zero-order valence-corrected chi connectivity index (χ0v) is 11.5. The number of rotatable bonds is 3. The van der Waals surface area contributed by atoms with Crippen molar-refractivity contribution in [2.45, 2.75) is 12.6 Å². The summed E-state index contributed by atoms with van der Waals surface area (Å²) in [6, 6.07) is 11.1. The molecular formula is C15H22N4. The number of nitrogens with zero attached hydrogens (tertiary/aromatic N) is 3. The fourth-order valence-electron chi connectivity index (χ4n) is 2.86. The maximum Gasteiger partial charge on any atom is 0.115 e. The molecule has 2 aliphatic rings. The molecule has 1 atom stereocenters. The van der Waals surface area contributed by atoms with E-state index in [0.29, 0.717) is 6.04 Å². The zero-order valence-electron chi connectivity index (χ0n) is 11.5. The Morgan fingerprint density at radius 2 is 2.11 bits per heavy atom. The highest BCUT2D eigenvalue weighted by atomic mass is 15.3. The number of likely N-dealkylation sites (N-methyl/N-ethyl adjacent to an activating group) is 1. The van der Waals surface area contributed by atoms with Gasteiger partial charge in [0.1, 0.15) is 5.84 Å². The van der Waals surface area contributed by atoms with Crippen LogP contribution in [-0.2, 0) is 6.54 Å². The molecule has 0 unspecified atom stereocenters. The Bertz CT molecular complexity index is 443. The highest BCUT2D eigenvalue weighted by Gasteiger charge is 2.30. The van der Waals surface area contributed by atoms with Gasteiger partial charge in [0.15, 0.2) is 0 Å². The molecule has 0 spiro atoms. The minimum Gasteiger partial charge on any atom is -0.371 e. The first-order valence-electron chi connectivity index (χ1n) is 7.07. The highest BCUT2D eigenvalue weighted by molar-refractivity contribution is 5.89. The van der Waals surface area contributed by atoms with Gasteiger partial charge in [-0.3, -0.25) is 9.89 Å². The second-order valence-corrected chi connectivity index (χ2v) is 5.43. The molecule has 102 valence electrons. The van der Waals surface area contributed by atoms with Gasteiger partial charge >= 0.3 is 0 Å². The number of amidine groups is 1. The van der Waals surface area contributed by atoms with Gasteiger partial charge in [0.25, 0.3) is 0 Å². The molecule has 1 aromatic rings. The van der Waals surface area contributed by atoms with Crippen LogP contribution < -0.4 is 5.32 Å². The van der Waals surface area contributed by atoms with Crippen molar-refractivity contribution in [1.82, 2.24) is 15.1 Å². The molecule has 0 saturated carbocycles. The highest BCUT2D eigenvalue weighted by Crippen LogP contribution is 2.15. The second kappa shape index (κ2) is 5.72. The van der Waals surface area contributed by atoms with E-state index in [1.54, 1.807) is 0 Å². The lowest BCUT2D eigenvalue weighted by Crippen LogP contribution is -2.56. The van der Waals surface area contributed by atoms with E-state index in [-0.39, 0.29) is 0 Å². The standard InChI is InChI=1S/C15H22N4/c1-18-9-10-19(11-13-5-3-2-4-6-13)14(12-18)15-16-7-8-17-15/h2-6,14H,7-12H2,1H3,(H,16,17)/t14-/m0/s1. The molecule has 0 aliphatic carbocycles. The van der Waals surface area contributed by atoms with Crippen LogP contribution >= 0.6 is 0 Å². The van der Waals surface area contributed by atoms with E-state index >= 15 is 0 Å². The van der Waals surface area contributed by atoms with Crippen molar-refractivity contribution in [3.05, 3.63) is 35.9 Å². The van der Waals surface area contributed by atoms with Crippen LogP contribution in [0.15, 0.2) is 35.3 Å². The van der Waals surface area contributed by atoms with E-state index in [1.165, 1.54) is 11.4 Å². The van der Waals surface area contributed by atoms with Crippen LogP contribution in [0.2, 0.25) is 0 Å². The summed E-state index contributed by atoms with van der Waals surface area (Å²) in [6.07, 6.45) is 0. The van der Waals surface area contributed by atoms with E-state index in [1.807, 2.05) is 0 Å². The fourth-order valence-corrected chi connectivity index (χ4v) is 2.86. The normalized spacial score (nSPS) is 25.1. The van der Waals surface area contributed by atoms with Crippen molar-refractivity contribution >= 4 is 5.84 Å². The summed E-state index contributed by atoms with van der Waals surface area (Å²) in [4.78, 5) is 9.57. The monoisotopic (exact) mass is 258 g/mol. The maximum absolute atomic E-state index is 4.62. The summed E-state index contributed by atoms with van der Waals surface area (Å²) in [5, 5.41) is 3.44. The van der Waals surface area contributed by atoms with Crippen molar-refractivity contribution in [1.29, 1.82) is 0 Å². The Labute approximate surface area is 115 Å². The molecule has 4 heteroatoms. The number of hydrogen-bond acceptors (Lipinski definition) is 4. The topological polar surface area (TPSA) is 30.9 Å². The first kappa shape index (κ1) is 12.6. The lowest BCUT2D eigenvalue weighted by Gasteiger charge is -2.40. The van der Waals surface area contributed by atoms with Gasteiger partial charge in [0.05, 0.1) is 12.6 Å². The fraction of sp³-hybridized carbons (Fsp3) is 0.533.